The fraction of sp³-hybridized carbons (Fsp3) is 0.600. The van der Waals surface area contributed by atoms with Gasteiger partial charge in [0.25, 0.3) is 0 Å². The van der Waals surface area contributed by atoms with Gasteiger partial charge in [-0.15, -0.1) is 11.6 Å². The molecule has 0 bridgehead atoms. The average molecular weight is 228 g/mol. The summed E-state index contributed by atoms with van der Waals surface area (Å²) in [5, 5.41) is 8.43. The minimum atomic E-state index is 0.0145. The fourth-order valence-electron chi connectivity index (χ4n) is 1.85. The molecule has 2 rings (SSSR count). The molecular weight excluding hydrogens is 214 g/mol. The van der Waals surface area contributed by atoms with Crippen molar-refractivity contribution in [1.29, 1.82) is 0 Å². The summed E-state index contributed by atoms with van der Waals surface area (Å²) in [6.45, 7) is 4.02. The quantitative estimate of drug-likeness (QED) is 0.723. The molecule has 0 saturated carbocycles. The predicted molar refractivity (Wildman–Crippen MR) is 59.4 cm³/mol. The lowest BCUT2D eigenvalue weighted by Gasteiger charge is -2.01. The zero-order valence-electron chi connectivity index (χ0n) is 9.12. The van der Waals surface area contributed by atoms with Crippen molar-refractivity contribution < 1.29 is 4.84 Å². The van der Waals surface area contributed by atoms with Crippen LogP contribution in [-0.4, -0.2) is 27.5 Å². The summed E-state index contributed by atoms with van der Waals surface area (Å²) in [6, 6.07) is 0. The third-order valence-corrected chi connectivity index (χ3v) is 3.05. The number of nitrogens with zero attached hydrogens (tertiary/aromatic N) is 3. The molecule has 0 aliphatic carbocycles. The molecule has 2 heterocycles. The van der Waals surface area contributed by atoms with Crippen LogP contribution in [-0.2, 0) is 11.9 Å². The highest BCUT2D eigenvalue weighted by molar-refractivity contribution is 6.18. The van der Waals surface area contributed by atoms with Crippen LogP contribution < -0.4 is 0 Å². The Morgan fingerprint density at radius 2 is 2.27 bits per heavy atom. The number of alkyl halides is 1. The van der Waals surface area contributed by atoms with E-state index in [9.17, 15) is 0 Å². The molecule has 0 fully saturated rings. The molecule has 82 valence electrons. The normalized spacial score (nSPS) is 20.3. The summed E-state index contributed by atoms with van der Waals surface area (Å²) >= 11 is 5.73. The first kappa shape index (κ1) is 10.5. The molecule has 1 unspecified atom stereocenters. The van der Waals surface area contributed by atoms with Gasteiger partial charge in [0.15, 0.2) is 0 Å². The third kappa shape index (κ3) is 1.74. The Bertz CT molecular complexity index is 411. The number of oxime groups is 1. The number of aromatic nitrogens is 2. The first-order valence-electron chi connectivity index (χ1n) is 4.92. The molecule has 1 aromatic heterocycles. The number of hydrogen-bond donors (Lipinski definition) is 0. The monoisotopic (exact) mass is 227 g/mol. The van der Waals surface area contributed by atoms with Gasteiger partial charge < -0.3 is 4.84 Å². The zero-order valence-corrected chi connectivity index (χ0v) is 9.88. The molecule has 0 amide bonds. The number of aryl methyl sites for hydroxylation is 2. The van der Waals surface area contributed by atoms with Crippen LogP contribution in [0.4, 0.5) is 0 Å². The highest BCUT2D eigenvalue weighted by Crippen LogP contribution is 2.22. The van der Waals surface area contributed by atoms with E-state index in [4.69, 9.17) is 16.4 Å². The van der Waals surface area contributed by atoms with E-state index in [1.165, 1.54) is 0 Å². The fourth-order valence-corrected chi connectivity index (χ4v) is 2.02. The van der Waals surface area contributed by atoms with Crippen molar-refractivity contribution >= 4 is 17.3 Å². The second kappa shape index (κ2) is 3.85. The Balaban J connectivity index is 2.31. The summed E-state index contributed by atoms with van der Waals surface area (Å²) < 4.78 is 1.86. The van der Waals surface area contributed by atoms with Crippen molar-refractivity contribution in [1.82, 2.24) is 9.78 Å². The minimum absolute atomic E-state index is 0.0145. The molecule has 0 saturated heterocycles. The standard InChI is InChI=1S/C10H14ClN3O/c1-6-10(7(2)14(3)12-6)9-4-8(5-11)15-13-9/h8H,4-5H2,1-3H3. The minimum Gasteiger partial charge on any atom is -0.391 e. The van der Waals surface area contributed by atoms with Crippen molar-refractivity contribution in [3.8, 4) is 0 Å². The van der Waals surface area contributed by atoms with Crippen LogP contribution in [0.1, 0.15) is 23.4 Å². The highest BCUT2D eigenvalue weighted by atomic mass is 35.5. The second-order valence-electron chi connectivity index (χ2n) is 3.79. The van der Waals surface area contributed by atoms with E-state index in [1.54, 1.807) is 0 Å². The molecule has 4 nitrogen and oxygen atoms in total. The SMILES string of the molecule is Cc1nn(C)c(C)c1C1=NOC(CCl)C1. The van der Waals surface area contributed by atoms with Gasteiger partial charge in [-0.2, -0.15) is 5.10 Å². The third-order valence-electron chi connectivity index (χ3n) is 2.70. The molecule has 0 aromatic carbocycles. The first-order valence-corrected chi connectivity index (χ1v) is 5.46. The summed E-state index contributed by atoms with van der Waals surface area (Å²) in [6.07, 6.45) is 0.789. The Morgan fingerprint density at radius 3 is 2.73 bits per heavy atom. The molecule has 0 spiro atoms. The Labute approximate surface area is 93.9 Å². The topological polar surface area (TPSA) is 39.4 Å². The van der Waals surface area contributed by atoms with Crippen molar-refractivity contribution in [2.75, 3.05) is 5.88 Å². The van der Waals surface area contributed by atoms with Crippen LogP contribution in [0.25, 0.3) is 0 Å². The highest BCUT2D eigenvalue weighted by Gasteiger charge is 2.25. The van der Waals surface area contributed by atoms with E-state index in [1.807, 2.05) is 25.6 Å². The molecule has 5 heteroatoms. The van der Waals surface area contributed by atoms with Crippen molar-refractivity contribution in [3.63, 3.8) is 0 Å². The van der Waals surface area contributed by atoms with Gasteiger partial charge in [-0.1, -0.05) is 5.16 Å². The van der Waals surface area contributed by atoms with Gasteiger partial charge in [0.2, 0.25) is 0 Å². The van der Waals surface area contributed by atoms with Gasteiger partial charge >= 0.3 is 0 Å². The van der Waals surface area contributed by atoms with Gasteiger partial charge in [0.1, 0.15) is 6.10 Å². The van der Waals surface area contributed by atoms with Crippen LogP contribution in [0.3, 0.4) is 0 Å². The molecule has 1 atom stereocenters. The maximum atomic E-state index is 5.73. The molecule has 15 heavy (non-hydrogen) atoms. The smallest absolute Gasteiger partial charge is 0.146 e. The lowest BCUT2D eigenvalue weighted by Crippen LogP contribution is -2.10. The zero-order chi connectivity index (χ0) is 11.0. The van der Waals surface area contributed by atoms with Crippen LogP contribution >= 0.6 is 11.6 Å². The summed E-state index contributed by atoms with van der Waals surface area (Å²) in [4.78, 5) is 5.21. The maximum Gasteiger partial charge on any atom is 0.146 e. The van der Waals surface area contributed by atoms with E-state index < -0.39 is 0 Å². The lowest BCUT2D eigenvalue weighted by atomic mass is 10.0. The summed E-state index contributed by atoms with van der Waals surface area (Å²) in [5.74, 6) is 0.478. The molecule has 0 N–H and O–H groups in total. The van der Waals surface area contributed by atoms with Crippen LogP contribution in [0.15, 0.2) is 5.16 Å². The second-order valence-corrected chi connectivity index (χ2v) is 4.10. The summed E-state index contributed by atoms with van der Waals surface area (Å²) in [7, 11) is 1.93. The average Bonchev–Trinajstić information content (AvgIpc) is 2.74. The molecule has 1 aliphatic heterocycles. The molecule has 1 aliphatic rings. The Kier molecular flexibility index (Phi) is 2.69. The van der Waals surface area contributed by atoms with Gasteiger partial charge in [-0.25, -0.2) is 0 Å². The number of hydrogen-bond acceptors (Lipinski definition) is 3. The van der Waals surface area contributed by atoms with Crippen LogP contribution in [0.2, 0.25) is 0 Å². The predicted octanol–water partition coefficient (Wildman–Crippen LogP) is 1.77. The summed E-state index contributed by atoms with van der Waals surface area (Å²) in [5.41, 5.74) is 4.17. The maximum absolute atomic E-state index is 5.73. The molecule has 0 radical (unpaired) electrons. The van der Waals surface area contributed by atoms with Crippen molar-refractivity contribution in [2.45, 2.75) is 26.4 Å². The molecular formula is C10H14ClN3O. The van der Waals surface area contributed by atoms with Gasteiger partial charge in [0.05, 0.1) is 17.3 Å². The van der Waals surface area contributed by atoms with Gasteiger partial charge in [0, 0.05) is 24.7 Å². The van der Waals surface area contributed by atoms with Crippen molar-refractivity contribution in [2.24, 2.45) is 12.2 Å². The molecule has 1 aromatic rings. The van der Waals surface area contributed by atoms with Gasteiger partial charge in [-0.3, -0.25) is 4.68 Å². The van der Waals surface area contributed by atoms with E-state index in [2.05, 4.69) is 10.3 Å². The largest absolute Gasteiger partial charge is 0.391 e. The van der Waals surface area contributed by atoms with Crippen molar-refractivity contribution in [3.05, 3.63) is 17.0 Å². The Morgan fingerprint density at radius 1 is 1.53 bits per heavy atom. The van der Waals surface area contributed by atoms with E-state index in [-0.39, 0.29) is 6.10 Å². The van der Waals surface area contributed by atoms with Crippen LogP contribution in [0, 0.1) is 13.8 Å². The Hall–Kier alpha value is -1.03. The van der Waals surface area contributed by atoms with E-state index in [0.29, 0.717) is 5.88 Å². The van der Waals surface area contributed by atoms with E-state index >= 15 is 0 Å². The number of halogens is 1. The lowest BCUT2D eigenvalue weighted by molar-refractivity contribution is 0.102. The number of rotatable bonds is 2. The van der Waals surface area contributed by atoms with E-state index in [0.717, 1.165) is 29.1 Å². The van der Waals surface area contributed by atoms with Crippen LogP contribution in [0.5, 0.6) is 0 Å². The van der Waals surface area contributed by atoms with Gasteiger partial charge in [-0.05, 0) is 13.8 Å². The first-order chi connectivity index (χ1) is 7.13.